The number of benzene rings is 1. The van der Waals surface area contributed by atoms with E-state index in [1.807, 2.05) is 17.9 Å². The monoisotopic (exact) mass is 280 g/mol. The van der Waals surface area contributed by atoms with Crippen molar-refractivity contribution in [3.63, 3.8) is 0 Å². The first-order valence-electron chi connectivity index (χ1n) is 6.89. The fourth-order valence-corrected chi connectivity index (χ4v) is 2.58. The molecule has 0 aliphatic carbocycles. The number of methoxy groups -OCH3 is 1. The lowest BCUT2D eigenvalue weighted by Crippen LogP contribution is -2.48. The van der Waals surface area contributed by atoms with Crippen LogP contribution in [0.5, 0.6) is 0 Å². The Hall–Kier alpha value is -1.62. The van der Waals surface area contributed by atoms with Gasteiger partial charge in [0.15, 0.2) is 0 Å². The first kappa shape index (κ1) is 14.8. The standard InChI is InChI=1S/C15H21FN2O2/c1-11-5-6-13(16)14(8-11)18-7-3-4-12(9-18)17-15(19)10-20-2/h5-6,8,12H,3-4,7,9-10H2,1-2H3,(H,17,19)/t12-/m0/s1. The Bertz CT molecular complexity index is 479. The minimum Gasteiger partial charge on any atom is -0.375 e. The van der Waals surface area contributed by atoms with Crippen LogP contribution in [-0.4, -0.2) is 38.8 Å². The lowest BCUT2D eigenvalue weighted by atomic mass is 10.0. The van der Waals surface area contributed by atoms with Gasteiger partial charge in [0, 0.05) is 26.2 Å². The van der Waals surface area contributed by atoms with Gasteiger partial charge in [-0.2, -0.15) is 0 Å². The summed E-state index contributed by atoms with van der Waals surface area (Å²) in [5.41, 5.74) is 1.66. The van der Waals surface area contributed by atoms with E-state index in [1.54, 1.807) is 6.07 Å². The predicted molar refractivity (Wildman–Crippen MR) is 76.4 cm³/mol. The predicted octanol–water partition coefficient (Wildman–Crippen LogP) is 1.87. The van der Waals surface area contributed by atoms with E-state index < -0.39 is 0 Å². The number of amides is 1. The number of piperidine rings is 1. The average Bonchev–Trinajstić information content (AvgIpc) is 2.42. The van der Waals surface area contributed by atoms with Gasteiger partial charge in [0.25, 0.3) is 0 Å². The third kappa shape index (κ3) is 3.70. The lowest BCUT2D eigenvalue weighted by Gasteiger charge is -2.35. The quantitative estimate of drug-likeness (QED) is 0.915. The van der Waals surface area contributed by atoms with Gasteiger partial charge in [-0.1, -0.05) is 6.07 Å². The summed E-state index contributed by atoms with van der Waals surface area (Å²) in [6.45, 7) is 3.47. The van der Waals surface area contributed by atoms with Crippen molar-refractivity contribution in [3.8, 4) is 0 Å². The van der Waals surface area contributed by atoms with Crippen molar-refractivity contribution in [3.05, 3.63) is 29.6 Å². The second-order valence-corrected chi connectivity index (χ2v) is 5.24. The van der Waals surface area contributed by atoms with E-state index in [0.717, 1.165) is 24.9 Å². The van der Waals surface area contributed by atoms with Crippen molar-refractivity contribution >= 4 is 11.6 Å². The Balaban J connectivity index is 2.03. The van der Waals surface area contributed by atoms with Gasteiger partial charge in [-0.15, -0.1) is 0 Å². The summed E-state index contributed by atoms with van der Waals surface area (Å²) in [5, 5.41) is 2.93. The molecule has 1 aromatic carbocycles. The van der Waals surface area contributed by atoms with Crippen LogP contribution in [0.3, 0.4) is 0 Å². The molecule has 2 rings (SSSR count). The van der Waals surface area contributed by atoms with Crippen LogP contribution in [-0.2, 0) is 9.53 Å². The number of rotatable bonds is 4. The minimum atomic E-state index is -0.209. The number of nitrogens with one attached hydrogen (secondary N) is 1. The molecule has 1 aromatic rings. The number of nitrogens with zero attached hydrogens (tertiary/aromatic N) is 1. The summed E-state index contributed by atoms with van der Waals surface area (Å²) in [4.78, 5) is 13.6. The Morgan fingerprint density at radius 3 is 3.10 bits per heavy atom. The van der Waals surface area contributed by atoms with Crippen LogP contribution in [0.1, 0.15) is 18.4 Å². The molecule has 5 heteroatoms. The number of ether oxygens (including phenoxy) is 1. The van der Waals surface area contributed by atoms with Gasteiger partial charge in [-0.05, 0) is 37.5 Å². The molecular weight excluding hydrogens is 259 g/mol. The summed E-state index contributed by atoms with van der Waals surface area (Å²) in [6, 6.07) is 5.17. The molecule has 0 unspecified atom stereocenters. The zero-order chi connectivity index (χ0) is 14.5. The van der Waals surface area contributed by atoms with Crippen LogP contribution in [0.15, 0.2) is 18.2 Å². The second kappa shape index (κ2) is 6.70. The zero-order valence-electron chi connectivity index (χ0n) is 12.0. The number of hydrogen-bond donors (Lipinski definition) is 1. The Kier molecular flexibility index (Phi) is 4.95. The molecule has 0 aromatic heterocycles. The maximum atomic E-state index is 13.9. The van der Waals surface area contributed by atoms with Gasteiger partial charge >= 0.3 is 0 Å². The van der Waals surface area contributed by atoms with Crippen LogP contribution in [0, 0.1) is 12.7 Å². The first-order valence-corrected chi connectivity index (χ1v) is 6.89. The van der Waals surface area contributed by atoms with Gasteiger partial charge in [0.1, 0.15) is 12.4 Å². The van der Waals surface area contributed by atoms with Gasteiger partial charge in [0.2, 0.25) is 5.91 Å². The molecule has 20 heavy (non-hydrogen) atoms. The topological polar surface area (TPSA) is 41.6 Å². The van der Waals surface area contributed by atoms with E-state index in [9.17, 15) is 9.18 Å². The van der Waals surface area contributed by atoms with E-state index >= 15 is 0 Å². The fourth-order valence-electron chi connectivity index (χ4n) is 2.58. The van der Waals surface area contributed by atoms with E-state index in [-0.39, 0.29) is 24.4 Å². The molecule has 1 heterocycles. The molecule has 1 atom stereocenters. The summed E-state index contributed by atoms with van der Waals surface area (Å²) >= 11 is 0. The van der Waals surface area contributed by atoms with E-state index in [0.29, 0.717) is 12.2 Å². The summed E-state index contributed by atoms with van der Waals surface area (Å²) < 4.78 is 18.7. The van der Waals surface area contributed by atoms with Crippen LogP contribution in [0.4, 0.5) is 10.1 Å². The van der Waals surface area contributed by atoms with Crippen molar-refractivity contribution < 1.29 is 13.9 Å². The molecule has 1 aliphatic rings. The number of carbonyl (C=O) groups is 1. The fraction of sp³-hybridized carbons (Fsp3) is 0.533. The van der Waals surface area contributed by atoms with Crippen molar-refractivity contribution in [2.75, 3.05) is 31.7 Å². The number of hydrogen-bond acceptors (Lipinski definition) is 3. The molecule has 0 spiro atoms. The Morgan fingerprint density at radius 2 is 2.35 bits per heavy atom. The molecule has 1 N–H and O–H groups in total. The highest BCUT2D eigenvalue weighted by Crippen LogP contribution is 2.24. The van der Waals surface area contributed by atoms with Crippen molar-refractivity contribution in [2.24, 2.45) is 0 Å². The molecule has 4 nitrogen and oxygen atoms in total. The van der Waals surface area contributed by atoms with Crippen LogP contribution in [0.25, 0.3) is 0 Å². The molecule has 0 bridgehead atoms. The molecule has 0 saturated carbocycles. The largest absolute Gasteiger partial charge is 0.375 e. The van der Waals surface area contributed by atoms with E-state index in [4.69, 9.17) is 4.74 Å². The minimum absolute atomic E-state index is 0.0475. The van der Waals surface area contributed by atoms with Crippen molar-refractivity contribution in [2.45, 2.75) is 25.8 Å². The molecule has 1 fully saturated rings. The van der Waals surface area contributed by atoms with E-state index in [2.05, 4.69) is 5.32 Å². The van der Waals surface area contributed by atoms with Crippen LogP contribution < -0.4 is 10.2 Å². The molecule has 1 amide bonds. The first-order chi connectivity index (χ1) is 9.60. The molecular formula is C15H21FN2O2. The number of carbonyl (C=O) groups excluding carboxylic acids is 1. The summed E-state index contributed by atoms with van der Waals surface area (Å²) in [7, 11) is 1.49. The lowest BCUT2D eigenvalue weighted by molar-refractivity contribution is -0.125. The Labute approximate surface area is 118 Å². The highest BCUT2D eigenvalue weighted by molar-refractivity contribution is 5.77. The van der Waals surface area contributed by atoms with Crippen LogP contribution in [0.2, 0.25) is 0 Å². The smallest absolute Gasteiger partial charge is 0.246 e. The van der Waals surface area contributed by atoms with Crippen molar-refractivity contribution in [1.29, 1.82) is 0 Å². The van der Waals surface area contributed by atoms with Gasteiger partial charge in [-0.25, -0.2) is 4.39 Å². The maximum absolute atomic E-state index is 13.9. The number of anilines is 1. The normalized spacial score (nSPS) is 18.9. The van der Waals surface area contributed by atoms with Crippen molar-refractivity contribution in [1.82, 2.24) is 5.32 Å². The SMILES string of the molecule is COCC(=O)N[C@H]1CCCN(c2cc(C)ccc2F)C1. The third-order valence-electron chi connectivity index (χ3n) is 3.50. The molecule has 110 valence electrons. The molecule has 1 aliphatic heterocycles. The second-order valence-electron chi connectivity index (χ2n) is 5.24. The van der Waals surface area contributed by atoms with Gasteiger partial charge < -0.3 is 15.0 Å². The molecule has 0 radical (unpaired) electrons. The summed E-state index contributed by atoms with van der Waals surface area (Å²) in [5.74, 6) is -0.330. The zero-order valence-corrected chi connectivity index (χ0v) is 12.0. The maximum Gasteiger partial charge on any atom is 0.246 e. The summed E-state index contributed by atoms with van der Waals surface area (Å²) in [6.07, 6.45) is 1.85. The third-order valence-corrected chi connectivity index (χ3v) is 3.50. The number of halogens is 1. The highest BCUT2D eigenvalue weighted by Gasteiger charge is 2.23. The Morgan fingerprint density at radius 1 is 1.55 bits per heavy atom. The van der Waals surface area contributed by atoms with E-state index in [1.165, 1.54) is 13.2 Å². The number of aryl methyl sites for hydroxylation is 1. The highest BCUT2D eigenvalue weighted by atomic mass is 19.1. The van der Waals surface area contributed by atoms with Crippen LogP contribution >= 0.6 is 0 Å². The van der Waals surface area contributed by atoms with Gasteiger partial charge in [0.05, 0.1) is 5.69 Å². The average molecular weight is 280 g/mol. The molecule has 1 saturated heterocycles. The van der Waals surface area contributed by atoms with Gasteiger partial charge in [-0.3, -0.25) is 4.79 Å².